The zero-order valence-corrected chi connectivity index (χ0v) is 12.1. The molecule has 1 atom stereocenters. The van der Waals surface area contributed by atoms with Gasteiger partial charge in [-0.3, -0.25) is 0 Å². The molecule has 0 heterocycles. The lowest BCUT2D eigenvalue weighted by Crippen LogP contribution is -2.19. The van der Waals surface area contributed by atoms with Crippen LogP contribution in [0.25, 0.3) is 0 Å². The SMILES string of the molecule is CCC(CCC(C)C)Oc1ccc(N)cc1C(F)(F)F. The second-order valence-electron chi connectivity index (χ2n) is 5.37. The van der Waals surface area contributed by atoms with Gasteiger partial charge in [0.1, 0.15) is 5.75 Å². The zero-order chi connectivity index (χ0) is 15.3. The van der Waals surface area contributed by atoms with Gasteiger partial charge in [-0.25, -0.2) is 0 Å². The molecule has 20 heavy (non-hydrogen) atoms. The highest BCUT2D eigenvalue weighted by Gasteiger charge is 2.35. The monoisotopic (exact) mass is 289 g/mol. The predicted molar refractivity (Wildman–Crippen MR) is 74.6 cm³/mol. The van der Waals surface area contributed by atoms with E-state index < -0.39 is 11.7 Å². The number of nitrogens with two attached hydrogens (primary N) is 1. The molecule has 0 aliphatic rings. The Bertz CT molecular complexity index is 430. The molecule has 0 spiro atoms. The molecule has 5 heteroatoms. The summed E-state index contributed by atoms with van der Waals surface area (Å²) < 4.78 is 44.4. The number of hydrogen-bond donors (Lipinski definition) is 1. The number of benzene rings is 1. The highest BCUT2D eigenvalue weighted by molar-refractivity contribution is 5.49. The van der Waals surface area contributed by atoms with Crippen molar-refractivity contribution < 1.29 is 17.9 Å². The molecule has 0 aliphatic heterocycles. The van der Waals surface area contributed by atoms with Gasteiger partial charge in [-0.2, -0.15) is 13.2 Å². The van der Waals surface area contributed by atoms with E-state index in [1.165, 1.54) is 12.1 Å². The van der Waals surface area contributed by atoms with Gasteiger partial charge in [0.25, 0.3) is 0 Å². The molecule has 0 saturated heterocycles. The van der Waals surface area contributed by atoms with Crippen molar-refractivity contribution in [1.82, 2.24) is 0 Å². The standard InChI is InChI=1S/C15H22F3NO/c1-4-12(7-5-10(2)3)20-14-8-6-11(19)9-13(14)15(16,17)18/h6,8-10,12H,4-5,7,19H2,1-3H3. The van der Waals surface area contributed by atoms with Crippen LogP contribution in [0, 0.1) is 5.92 Å². The lowest BCUT2D eigenvalue weighted by Gasteiger charge is -2.21. The second-order valence-corrected chi connectivity index (χ2v) is 5.37. The molecule has 1 rings (SSSR count). The molecule has 114 valence electrons. The Hall–Kier alpha value is -1.39. The minimum atomic E-state index is -4.46. The number of halogens is 3. The molecule has 2 nitrogen and oxygen atoms in total. The number of hydrogen-bond acceptors (Lipinski definition) is 2. The molecule has 1 unspecified atom stereocenters. The fourth-order valence-electron chi connectivity index (χ4n) is 1.92. The molecule has 0 saturated carbocycles. The number of rotatable bonds is 6. The number of anilines is 1. The largest absolute Gasteiger partial charge is 0.490 e. The van der Waals surface area contributed by atoms with E-state index in [-0.39, 0.29) is 17.5 Å². The van der Waals surface area contributed by atoms with Gasteiger partial charge < -0.3 is 10.5 Å². The van der Waals surface area contributed by atoms with Gasteiger partial charge in [0, 0.05) is 5.69 Å². The van der Waals surface area contributed by atoms with Crippen LogP contribution in [0.4, 0.5) is 18.9 Å². The van der Waals surface area contributed by atoms with Gasteiger partial charge >= 0.3 is 6.18 Å². The fraction of sp³-hybridized carbons (Fsp3) is 0.600. The summed E-state index contributed by atoms with van der Waals surface area (Å²) in [5.74, 6) is 0.364. The van der Waals surface area contributed by atoms with Crippen molar-refractivity contribution in [3.8, 4) is 5.75 Å². The van der Waals surface area contributed by atoms with Crippen molar-refractivity contribution in [2.24, 2.45) is 5.92 Å². The minimum absolute atomic E-state index is 0.0832. The predicted octanol–water partition coefficient (Wildman–Crippen LogP) is 4.88. The Morgan fingerprint density at radius 1 is 1.20 bits per heavy atom. The first-order chi connectivity index (χ1) is 9.24. The first-order valence-electron chi connectivity index (χ1n) is 6.87. The lowest BCUT2D eigenvalue weighted by molar-refractivity contribution is -0.139. The second kappa shape index (κ2) is 6.86. The van der Waals surface area contributed by atoms with Crippen molar-refractivity contribution in [2.45, 2.75) is 52.3 Å². The van der Waals surface area contributed by atoms with E-state index in [1.54, 1.807) is 0 Å². The average Bonchev–Trinajstić information content (AvgIpc) is 2.34. The third-order valence-corrected chi connectivity index (χ3v) is 3.12. The topological polar surface area (TPSA) is 35.2 Å². The first kappa shape index (κ1) is 16.7. The van der Waals surface area contributed by atoms with Crippen LogP contribution in [0.1, 0.15) is 45.6 Å². The van der Waals surface area contributed by atoms with E-state index in [1.807, 2.05) is 6.92 Å². The molecule has 0 bridgehead atoms. The van der Waals surface area contributed by atoms with E-state index in [4.69, 9.17) is 10.5 Å². The maximum absolute atomic E-state index is 13.0. The number of nitrogen functional groups attached to an aromatic ring is 1. The molecule has 0 aromatic heterocycles. The van der Waals surface area contributed by atoms with E-state index in [2.05, 4.69) is 13.8 Å². The molecule has 0 radical (unpaired) electrons. The molecular formula is C15H22F3NO. The molecule has 1 aromatic rings. The van der Waals surface area contributed by atoms with Crippen LogP contribution in [0.5, 0.6) is 5.75 Å². The smallest absolute Gasteiger partial charge is 0.420 e. The molecule has 1 aromatic carbocycles. The number of alkyl halides is 3. The van der Waals surface area contributed by atoms with E-state index in [0.717, 1.165) is 18.9 Å². The Morgan fingerprint density at radius 3 is 2.35 bits per heavy atom. The minimum Gasteiger partial charge on any atom is -0.490 e. The summed E-state index contributed by atoms with van der Waals surface area (Å²) in [5, 5.41) is 0. The van der Waals surface area contributed by atoms with Crippen LogP contribution >= 0.6 is 0 Å². The average molecular weight is 289 g/mol. The summed E-state index contributed by atoms with van der Waals surface area (Å²) in [6, 6.07) is 3.65. The van der Waals surface area contributed by atoms with E-state index >= 15 is 0 Å². The summed E-state index contributed by atoms with van der Waals surface area (Å²) >= 11 is 0. The third-order valence-electron chi connectivity index (χ3n) is 3.12. The van der Waals surface area contributed by atoms with Crippen LogP contribution in [0.3, 0.4) is 0 Å². The fourth-order valence-corrected chi connectivity index (χ4v) is 1.92. The Balaban J connectivity index is 2.90. The van der Waals surface area contributed by atoms with Crippen molar-refractivity contribution in [1.29, 1.82) is 0 Å². The quantitative estimate of drug-likeness (QED) is 0.757. The lowest BCUT2D eigenvalue weighted by atomic mass is 10.0. The Labute approximate surface area is 118 Å². The highest BCUT2D eigenvalue weighted by Crippen LogP contribution is 2.38. The van der Waals surface area contributed by atoms with E-state index in [9.17, 15) is 13.2 Å². The van der Waals surface area contributed by atoms with Crippen molar-refractivity contribution >= 4 is 5.69 Å². The summed E-state index contributed by atoms with van der Waals surface area (Å²) in [5.41, 5.74) is 4.71. The highest BCUT2D eigenvalue weighted by atomic mass is 19.4. The summed E-state index contributed by atoms with van der Waals surface area (Å²) in [4.78, 5) is 0. The maximum atomic E-state index is 13.0. The van der Waals surface area contributed by atoms with Gasteiger partial charge in [-0.1, -0.05) is 20.8 Å². The molecule has 0 aliphatic carbocycles. The zero-order valence-electron chi connectivity index (χ0n) is 12.1. The summed E-state index contributed by atoms with van der Waals surface area (Å²) in [6.07, 6.45) is -2.32. The van der Waals surface area contributed by atoms with Gasteiger partial charge in [-0.15, -0.1) is 0 Å². The summed E-state index contributed by atoms with van der Waals surface area (Å²) in [6.45, 7) is 6.07. The van der Waals surface area contributed by atoms with E-state index in [0.29, 0.717) is 12.3 Å². The first-order valence-corrected chi connectivity index (χ1v) is 6.87. The Kier molecular flexibility index (Phi) is 5.72. The van der Waals surface area contributed by atoms with Crippen molar-refractivity contribution in [3.05, 3.63) is 23.8 Å². The third kappa shape index (κ3) is 4.94. The van der Waals surface area contributed by atoms with Crippen LogP contribution < -0.4 is 10.5 Å². The summed E-state index contributed by atoms with van der Waals surface area (Å²) in [7, 11) is 0. The Morgan fingerprint density at radius 2 is 1.85 bits per heavy atom. The van der Waals surface area contributed by atoms with Crippen LogP contribution in [0.2, 0.25) is 0 Å². The van der Waals surface area contributed by atoms with Gasteiger partial charge in [-0.05, 0) is 43.4 Å². The van der Waals surface area contributed by atoms with Crippen molar-refractivity contribution in [3.63, 3.8) is 0 Å². The van der Waals surface area contributed by atoms with Crippen LogP contribution in [-0.2, 0) is 6.18 Å². The van der Waals surface area contributed by atoms with Crippen molar-refractivity contribution in [2.75, 3.05) is 5.73 Å². The normalized spacial score (nSPS) is 13.6. The van der Waals surface area contributed by atoms with Gasteiger partial charge in [0.15, 0.2) is 0 Å². The van der Waals surface area contributed by atoms with Gasteiger partial charge in [0.05, 0.1) is 11.7 Å². The molecule has 0 fully saturated rings. The number of ether oxygens (including phenoxy) is 1. The molecular weight excluding hydrogens is 267 g/mol. The van der Waals surface area contributed by atoms with Gasteiger partial charge in [0.2, 0.25) is 0 Å². The van der Waals surface area contributed by atoms with Crippen LogP contribution in [0.15, 0.2) is 18.2 Å². The molecule has 2 N–H and O–H groups in total. The maximum Gasteiger partial charge on any atom is 0.420 e. The van der Waals surface area contributed by atoms with Crippen LogP contribution in [-0.4, -0.2) is 6.10 Å². The molecule has 0 amide bonds.